The number of rotatable bonds is 9. The average molecular weight is 481 g/mol. The Morgan fingerprint density at radius 1 is 0.861 bits per heavy atom. The number of benzene rings is 3. The highest BCUT2D eigenvalue weighted by Crippen LogP contribution is 2.50. The van der Waals surface area contributed by atoms with Crippen molar-refractivity contribution in [2.75, 3.05) is 18.0 Å². The van der Waals surface area contributed by atoms with Crippen molar-refractivity contribution >= 4 is 22.6 Å². The molecule has 1 aromatic heterocycles. The predicted molar refractivity (Wildman–Crippen MR) is 148 cm³/mol. The third-order valence-electron chi connectivity index (χ3n) is 7.73. The van der Waals surface area contributed by atoms with Gasteiger partial charge < -0.3 is 14.2 Å². The number of anilines is 1. The predicted octanol–water partition coefficient (Wildman–Crippen LogP) is 7.36. The molecular weight excluding hydrogens is 444 g/mol. The van der Waals surface area contributed by atoms with Crippen LogP contribution in [0.3, 0.4) is 0 Å². The van der Waals surface area contributed by atoms with E-state index in [0.29, 0.717) is 5.56 Å². The second kappa shape index (κ2) is 9.85. The zero-order valence-electron chi connectivity index (χ0n) is 21.9. The first-order chi connectivity index (χ1) is 17.5. The second-order valence-corrected chi connectivity index (χ2v) is 9.89. The van der Waals surface area contributed by atoms with Gasteiger partial charge >= 0.3 is 5.97 Å². The maximum absolute atomic E-state index is 13.3. The van der Waals surface area contributed by atoms with E-state index in [-0.39, 0.29) is 5.97 Å². The van der Waals surface area contributed by atoms with E-state index < -0.39 is 5.60 Å². The Labute approximate surface area is 214 Å². The number of cyclic esters (lactones) is 1. The van der Waals surface area contributed by atoms with Crippen molar-refractivity contribution in [1.29, 1.82) is 0 Å². The first-order valence-corrected chi connectivity index (χ1v) is 13.3. The van der Waals surface area contributed by atoms with E-state index in [9.17, 15) is 4.79 Å². The molecule has 0 fully saturated rings. The molecule has 3 aromatic carbocycles. The number of hydrogen-bond donors (Lipinski definition) is 0. The molecule has 4 aromatic rings. The van der Waals surface area contributed by atoms with Crippen LogP contribution in [0.2, 0.25) is 0 Å². The monoisotopic (exact) mass is 480 g/mol. The molecular formula is C32H36N2O2. The Balaban J connectivity index is 1.70. The highest BCUT2D eigenvalue weighted by Gasteiger charge is 2.50. The fourth-order valence-electron chi connectivity index (χ4n) is 5.70. The molecule has 0 aliphatic carbocycles. The van der Waals surface area contributed by atoms with Crippen LogP contribution in [0.1, 0.15) is 72.3 Å². The molecule has 0 saturated carbocycles. The summed E-state index contributed by atoms with van der Waals surface area (Å²) >= 11 is 0. The zero-order valence-corrected chi connectivity index (χ0v) is 21.9. The summed E-state index contributed by atoms with van der Waals surface area (Å²) in [4.78, 5) is 15.7. The minimum absolute atomic E-state index is 0.269. The quantitative estimate of drug-likeness (QED) is 0.235. The molecule has 1 unspecified atom stereocenters. The lowest BCUT2D eigenvalue weighted by Crippen LogP contribution is -2.31. The van der Waals surface area contributed by atoms with Gasteiger partial charge in [0.15, 0.2) is 5.60 Å². The van der Waals surface area contributed by atoms with Crippen molar-refractivity contribution in [3.8, 4) is 0 Å². The molecule has 186 valence electrons. The number of para-hydroxylation sites is 1. The Hall–Kier alpha value is -3.53. The third-order valence-corrected chi connectivity index (χ3v) is 7.73. The molecule has 0 amide bonds. The summed E-state index contributed by atoms with van der Waals surface area (Å²) in [7, 11) is 2.08. The molecule has 36 heavy (non-hydrogen) atoms. The Bertz CT molecular complexity index is 1380. The Morgan fingerprint density at radius 3 is 2.19 bits per heavy atom. The topological polar surface area (TPSA) is 34.5 Å². The van der Waals surface area contributed by atoms with Crippen LogP contribution >= 0.6 is 0 Å². The molecule has 4 nitrogen and oxygen atoms in total. The lowest BCUT2D eigenvalue weighted by molar-refractivity contribution is 0.0253. The number of esters is 1. The van der Waals surface area contributed by atoms with Crippen LogP contribution in [0.5, 0.6) is 0 Å². The van der Waals surface area contributed by atoms with E-state index in [2.05, 4.69) is 85.8 Å². The van der Waals surface area contributed by atoms with Gasteiger partial charge in [0.1, 0.15) is 0 Å². The van der Waals surface area contributed by atoms with Crippen LogP contribution in [0.4, 0.5) is 5.69 Å². The number of hydrogen-bond acceptors (Lipinski definition) is 3. The number of ether oxygens (including phenoxy) is 1. The van der Waals surface area contributed by atoms with Crippen LogP contribution in [0, 0.1) is 6.92 Å². The van der Waals surface area contributed by atoms with Crippen molar-refractivity contribution in [1.82, 2.24) is 4.57 Å². The summed E-state index contributed by atoms with van der Waals surface area (Å²) in [6.45, 7) is 8.71. The standard InChI is InChI=1S/C32H36N2O2/c1-5-7-21-34(22-8-6-2)25-19-17-24(18-20-25)32(28-15-11-9-13-26(28)31(35)36-32)30-23(3)33(4)29-16-12-10-14-27(29)30/h9-20H,5-8,21-22H2,1-4H3. The molecule has 5 rings (SSSR count). The van der Waals surface area contributed by atoms with Crippen LogP contribution in [0.15, 0.2) is 72.8 Å². The lowest BCUT2D eigenvalue weighted by atomic mass is 9.78. The van der Waals surface area contributed by atoms with E-state index in [1.807, 2.05) is 24.3 Å². The minimum Gasteiger partial charge on any atom is -0.440 e. The van der Waals surface area contributed by atoms with Crippen molar-refractivity contribution < 1.29 is 9.53 Å². The number of aromatic nitrogens is 1. The summed E-state index contributed by atoms with van der Waals surface area (Å²) in [6, 6.07) is 25.0. The SMILES string of the molecule is CCCCN(CCCC)c1ccc(C2(c3c(C)n(C)c4ccccc34)OC(=O)c3ccccc32)cc1. The van der Waals surface area contributed by atoms with Gasteiger partial charge in [-0.1, -0.05) is 75.2 Å². The van der Waals surface area contributed by atoms with Crippen LogP contribution < -0.4 is 4.90 Å². The van der Waals surface area contributed by atoms with Crippen LogP contribution in [-0.2, 0) is 17.4 Å². The molecule has 2 heterocycles. The number of aryl methyl sites for hydroxylation is 1. The summed E-state index contributed by atoms with van der Waals surface area (Å²) in [5.41, 5.74) is 6.04. The van der Waals surface area contributed by atoms with E-state index in [4.69, 9.17) is 4.74 Å². The zero-order chi connectivity index (χ0) is 25.3. The van der Waals surface area contributed by atoms with Crippen molar-refractivity contribution in [3.63, 3.8) is 0 Å². The molecule has 0 saturated heterocycles. The van der Waals surface area contributed by atoms with E-state index in [0.717, 1.165) is 46.4 Å². The van der Waals surface area contributed by atoms with Gasteiger partial charge in [0.2, 0.25) is 0 Å². The van der Waals surface area contributed by atoms with Gasteiger partial charge in [-0.3, -0.25) is 0 Å². The largest absolute Gasteiger partial charge is 0.440 e. The van der Waals surface area contributed by atoms with E-state index in [1.54, 1.807) is 0 Å². The van der Waals surface area contributed by atoms with E-state index >= 15 is 0 Å². The van der Waals surface area contributed by atoms with Crippen LogP contribution in [-0.4, -0.2) is 23.6 Å². The smallest absolute Gasteiger partial charge is 0.340 e. The molecule has 0 bridgehead atoms. The first-order valence-electron chi connectivity index (χ1n) is 13.3. The summed E-state index contributed by atoms with van der Waals surface area (Å²) in [6.07, 6.45) is 4.71. The van der Waals surface area contributed by atoms with Gasteiger partial charge in [0.05, 0.1) is 5.56 Å². The van der Waals surface area contributed by atoms with Gasteiger partial charge in [0.25, 0.3) is 0 Å². The van der Waals surface area contributed by atoms with Gasteiger partial charge in [-0.05, 0) is 44.0 Å². The number of carbonyl (C=O) groups excluding carboxylic acids is 1. The summed E-state index contributed by atoms with van der Waals surface area (Å²) in [5, 5.41) is 1.11. The highest BCUT2D eigenvalue weighted by molar-refractivity contribution is 5.98. The maximum atomic E-state index is 13.3. The Kier molecular flexibility index (Phi) is 6.61. The normalized spacial score (nSPS) is 16.8. The van der Waals surface area contributed by atoms with Crippen molar-refractivity contribution in [2.45, 2.75) is 52.1 Å². The number of unbranched alkanes of at least 4 members (excludes halogenated alkanes) is 2. The van der Waals surface area contributed by atoms with Gasteiger partial charge in [-0.2, -0.15) is 0 Å². The number of nitrogens with zero attached hydrogens (tertiary/aromatic N) is 2. The van der Waals surface area contributed by atoms with Gasteiger partial charge in [-0.25, -0.2) is 4.79 Å². The molecule has 0 spiro atoms. The van der Waals surface area contributed by atoms with Crippen molar-refractivity contribution in [2.24, 2.45) is 7.05 Å². The summed E-state index contributed by atoms with van der Waals surface area (Å²) in [5.74, 6) is -0.269. The molecule has 0 N–H and O–H groups in total. The minimum atomic E-state index is -0.991. The molecule has 1 atom stereocenters. The van der Waals surface area contributed by atoms with Crippen molar-refractivity contribution in [3.05, 3.63) is 101 Å². The number of carbonyl (C=O) groups is 1. The van der Waals surface area contributed by atoms with Gasteiger partial charge in [-0.15, -0.1) is 0 Å². The first kappa shape index (κ1) is 24.2. The van der Waals surface area contributed by atoms with E-state index in [1.165, 1.54) is 31.4 Å². The number of fused-ring (bicyclic) bond motifs is 2. The maximum Gasteiger partial charge on any atom is 0.340 e. The molecule has 0 radical (unpaired) electrons. The average Bonchev–Trinajstić information content (AvgIpc) is 3.35. The molecule has 4 heteroatoms. The van der Waals surface area contributed by atoms with Crippen LogP contribution in [0.25, 0.3) is 10.9 Å². The third kappa shape index (κ3) is 3.80. The Morgan fingerprint density at radius 2 is 1.50 bits per heavy atom. The molecule has 1 aliphatic rings. The second-order valence-electron chi connectivity index (χ2n) is 9.89. The lowest BCUT2D eigenvalue weighted by Gasteiger charge is -2.32. The fraction of sp³-hybridized carbons (Fsp3) is 0.344. The molecule has 1 aliphatic heterocycles. The van der Waals surface area contributed by atoms with Gasteiger partial charge in [0, 0.05) is 59.1 Å². The summed E-state index contributed by atoms with van der Waals surface area (Å²) < 4.78 is 8.66. The fourth-order valence-corrected chi connectivity index (χ4v) is 5.70. The highest BCUT2D eigenvalue weighted by atomic mass is 16.6.